The van der Waals surface area contributed by atoms with E-state index in [1.54, 1.807) is 11.1 Å². The molecule has 31 heavy (non-hydrogen) atoms. The van der Waals surface area contributed by atoms with Crippen LogP contribution in [0, 0.1) is 16.7 Å². The van der Waals surface area contributed by atoms with Crippen LogP contribution in [0.4, 0.5) is 5.82 Å². The highest BCUT2D eigenvalue weighted by atomic mass is 79.9. The molecule has 0 aliphatic carbocycles. The van der Waals surface area contributed by atoms with Crippen molar-refractivity contribution in [3.63, 3.8) is 0 Å². The minimum atomic E-state index is -0.239. The minimum Gasteiger partial charge on any atom is -0.379 e. The standard InChI is InChI=1S/C22H27BrN6O2/c1-22(2,3)15-29(20-18(23)13-25-19(12-24)26-20)27-21(30)17-6-4-5-16(11-17)14-28-7-9-31-10-8-28/h4-6,11,13H,7-10,14-15H2,1-3H3,(H,27,30). The largest absolute Gasteiger partial charge is 0.379 e. The molecule has 0 spiro atoms. The lowest BCUT2D eigenvalue weighted by Gasteiger charge is -2.31. The van der Waals surface area contributed by atoms with Gasteiger partial charge in [0, 0.05) is 37.9 Å². The fourth-order valence-corrected chi connectivity index (χ4v) is 3.66. The monoisotopic (exact) mass is 486 g/mol. The number of carbonyl (C=O) groups is 1. The molecule has 0 saturated carbocycles. The number of anilines is 1. The number of rotatable bonds is 6. The topological polar surface area (TPSA) is 94.4 Å². The molecule has 8 nitrogen and oxygen atoms in total. The zero-order valence-electron chi connectivity index (χ0n) is 18.1. The van der Waals surface area contributed by atoms with Gasteiger partial charge in [-0.25, -0.2) is 4.98 Å². The summed E-state index contributed by atoms with van der Waals surface area (Å²) in [6, 6.07) is 9.58. The van der Waals surface area contributed by atoms with Crippen LogP contribution in [0.2, 0.25) is 0 Å². The second kappa shape index (κ2) is 10.2. The maximum absolute atomic E-state index is 13.1. The summed E-state index contributed by atoms with van der Waals surface area (Å²) in [5.41, 5.74) is 4.46. The summed E-state index contributed by atoms with van der Waals surface area (Å²) < 4.78 is 6.00. The first-order valence-electron chi connectivity index (χ1n) is 10.2. The van der Waals surface area contributed by atoms with E-state index in [0.717, 1.165) is 38.4 Å². The number of nitriles is 1. The summed E-state index contributed by atoms with van der Waals surface area (Å²) in [4.78, 5) is 23.7. The second-order valence-corrected chi connectivity index (χ2v) is 9.51. The number of carbonyl (C=O) groups excluding carboxylic acids is 1. The van der Waals surface area contributed by atoms with Gasteiger partial charge < -0.3 is 4.74 Å². The van der Waals surface area contributed by atoms with Gasteiger partial charge in [-0.2, -0.15) is 10.2 Å². The number of aromatic nitrogens is 2. The lowest BCUT2D eigenvalue weighted by molar-refractivity contribution is 0.0342. The van der Waals surface area contributed by atoms with Crippen LogP contribution in [0.25, 0.3) is 0 Å². The molecule has 1 aromatic carbocycles. The fourth-order valence-electron chi connectivity index (χ4n) is 3.26. The minimum absolute atomic E-state index is 0.0406. The van der Waals surface area contributed by atoms with Crippen molar-refractivity contribution >= 4 is 27.7 Å². The summed E-state index contributed by atoms with van der Waals surface area (Å²) in [6.45, 7) is 10.7. The number of ether oxygens (including phenoxy) is 1. The highest BCUT2D eigenvalue weighted by Gasteiger charge is 2.23. The Morgan fingerprint density at radius 1 is 1.35 bits per heavy atom. The summed E-state index contributed by atoms with van der Waals surface area (Å²) in [5, 5.41) is 10.9. The lowest BCUT2D eigenvalue weighted by atomic mass is 9.97. The fraction of sp³-hybridized carbons (Fsp3) is 0.455. The van der Waals surface area contributed by atoms with Crippen molar-refractivity contribution in [3.05, 3.63) is 51.9 Å². The molecule has 1 amide bonds. The Morgan fingerprint density at radius 2 is 2.10 bits per heavy atom. The average Bonchev–Trinajstić information content (AvgIpc) is 2.73. The van der Waals surface area contributed by atoms with Gasteiger partial charge in [0.1, 0.15) is 6.07 Å². The zero-order valence-corrected chi connectivity index (χ0v) is 19.6. The van der Waals surface area contributed by atoms with Crippen LogP contribution in [0.1, 0.15) is 42.5 Å². The third kappa shape index (κ3) is 6.72. The SMILES string of the molecule is CC(C)(C)CN(NC(=O)c1cccc(CN2CCOCC2)c1)c1nc(C#N)ncc1Br. The van der Waals surface area contributed by atoms with Crippen molar-refractivity contribution in [1.82, 2.24) is 20.3 Å². The summed E-state index contributed by atoms with van der Waals surface area (Å²) in [7, 11) is 0. The summed E-state index contributed by atoms with van der Waals surface area (Å²) in [5.74, 6) is 0.246. The predicted molar refractivity (Wildman–Crippen MR) is 121 cm³/mol. The van der Waals surface area contributed by atoms with Gasteiger partial charge in [0.05, 0.1) is 17.7 Å². The molecule has 0 atom stereocenters. The van der Waals surface area contributed by atoms with E-state index in [4.69, 9.17) is 4.74 Å². The van der Waals surface area contributed by atoms with Gasteiger partial charge in [0.2, 0.25) is 5.82 Å². The molecule has 9 heteroatoms. The van der Waals surface area contributed by atoms with E-state index in [0.29, 0.717) is 22.4 Å². The molecule has 2 aromatic rings. The molecule has 164 valence electrons. The third-order valence-electron chi connectivity index (χ3n) is 4.65. The van der Waals surface area contributed by atoms with Crippen molar-refractivity contribution < 1.29 is 9.53 Å². The number of nitrogens with zero attached hydrogens (tertiary/aromatic N) is 5. The van der Waals surface area contributed by atoms with Crippen LogP contribution in [0.15, 0.2) is 34.9 Å². The second-order valence-electron chi connectivity index (χ2n) is 8.65. The zero-order chi connectivity index (χ0) is 22.4. The molecule has 2 heterocycles. The van der Waals surface area contributed by atoms with Crippen LogP contribution in [-0.4, -0.2) is 53.6 Å². The van der Waals surface area contributed by atoms with Gasteiger partial charge in [0.25, 0.3) is 5.91 Å². The number of hydrogen-bond donors (Lipinski definition) is 1. The molecule has 1 N–H and O–H groups in total. The Hall–Kier alpha value is -2.54. The van der Waals surface area contributed by atoms with E-state index < -0.39 is 0 Å². The first-order chi connectivity index (χ1) is 14.7. The molecule has 1 fully saturated rings. The van der Waals surface area contributed by atoms with Crippen LogP contribution in [-0.2, 0) is 11.3 Å². The van der Waals surface area contributed by atoms with Gasteiger partial charge in [-0.1, -0.05) is 32.9 Å². The van der Waals surface area contributed by atoms with E-state index in [-0.39, 0.29) is 17.1 Å². The van der Waals surface area contributed by atoms with Gasteiger partial charge >= 0.3 is 0 Å². The van der Waals surface area contributed by atoms with E-state index in [1.807, 2.05) is 24.3 Å². The Bertz CT molecular complexity index is 963. The molecule has 1 aliphatic rings. The van der Waals surface area contributed by atoms with Gasteiger partial charge in [-0.05, 0) is 39.0 Å². The number of benzene rings is 1. The lowest BCUT2D eigenvalue weighted by Crippen LogP contribution is -2.47. The van der Waals surface area contributed by atoms with E-state index in [9.17, 15) is 10.1 Å². The van der Waals surface area contributed by atoms with E-state index in [2.05, 4.69) is 57.0 Å². The molecular formula is C22H27BrN6O2. The summed E-state index contributed by atoms with van der Waals surface area (Å²) >= 11 is 3.44. The predicted octanol–water partition coefficient (Wildman–Crippen LogP) is 3.14. The molecule has 0 bridgehead atoms. The Kier molecular flexibility index (Phi) is 7.59. The van der Waals surface area contributed by atoms with E-state index >= 15 is 0 Å². The Balaban J connectivity index is 1.80. The van der Waals surface area contributed by atoms with Crippen molar-refractivity contribution in [1.29, 1.82) is 5.26 Å². The van der Waals surface area contributed by atoms with Crippen molar-refractivity contribution in [2.45, 2.75) is 27.3 Å². The van der Waals surface area contributed by atoms with E-state index in [1.165, 1.54) is 6.20 Å². The quantitative estimate of drug-likeness (QED) is 0.626. The van der Waals surface area contributed by atoms with Crippen molar-refractivity contribution in [2.24, 2.45) is 5.41 Å². The molecule has 1 aromatic heterocycles. The van der Waals surface area contributed by atoms with Gasteiger partial charge in [0.15, 0.2) is 5.82 Å². The van der Waals surface area contributed by atoms with Crippen LogP contribution < -0.4 is 10.4 Å². The number of hydrogen-bond acceptors (Lipinski definition) is 7. The highest BCUT2D eigenvalue weighted by Crippen LogP contribution is 2.25. The molecule has 0 unspecified atom stereocenters. The first kappa shape index (κ1) is 23.1. The van der Waals surface area contributed by atoms with Crippen molar-refractivity contribution in [2.75, 3.05) is 37.9 Å². The Labute approximate surface area is 191 Å². The van der Waals surface area contributed by atoms with Crippen molar-refractivity contribution in [3.8, 4) is 6.07 Å². The maximum Gasteiger partial charge on any atom is 0.269 e. The number of morpholine rings is 1. The highest BCUT2D eigenvalue weighted by molar-refractivity contribution is 9.10. The normalized spacial score (nSPS) is 14.7. The smallest absolute Gasteiger partial charge is 0.269 e. The van der Waals surface area contributed by atoms with Gasteiger partial charge in [-0.15, -0.1) is 0 Å². The summed E-state index contributed by atoms with van der Waals surface area (Å²) in [6.07, 6.45) is 1.52. The molecule has 1 aliphatic heterocycles. The maximum atomic E-state index is 13.1. The number of amides is 1. The van der Waals surface area contributed by atoms with Crippen LogP contribution in [0.3, 0.4) is 0 Å². The Morgan fingerprint density at radius 3 is 2.77 bits per heavy atom. The molecule has 3 rings (SSSR count). The van der Waals surface area contributed by atoms with Gasteiger partial charge in [-0.3, -0.25) is 20.1 Å². The number of nitrogens with one attached hydrogen (secondary N) is 1. The molecule has 1 saturated heterocycles. The first-order valence-corrected chi connectivity index (χ1v) is 10.9. The molecule has 0 radical (unpaired) electrons. The van der Waals surface area contributed by atoms with Crippen LogP contribution >= 0.6 is 15.9 Å². The number of hydrazine groups is 1. The third-order valence-corrected chi connectivity index (χ3v) is 5.21. The average molecular weight is 487 g/mol. The number of halogens is 1. The van der Waals surface area contributed by atoms with Crippen LogP contribution in [0.5, 0.6) is 0 Å². The molecular weight excluding hydrogens is 460 g/mol.